The molecule has 1 aromatic carbocycles. The van der Waals surface area contributed by atoms with Crippen LogP contribution in [0.5, 0.6) is 5.75 Å². The van der Waals surface area contributed by atoms with E-state index in [2.05, 4.69) is 0 Å². The van der Waals surface area contributed by atoms with Crippen LogP contribution in [-0.4, -0.2) is 41.7 Å². The number of rotatable bonds is 2. The molecule has 2 aliphatic heterocycles. The molecule has 4 heteroatoms. The largest absolute Gasteiger partial charge is 0.492 e. The number of aliphatic hydroxyl groups excluding tert-OH is 1. The highest BCUT2D eigenvalue weighted by molar-refractivity contribution is 5.80. The molecule has 2 unspecified atom stereocenters. The minimum Gasteiger partial charge on any atom is -0.492 e. The van der Waals surface area contributed by atoms with Gasteiger partial charge in [-0.05, 0) is 30.9 Å². The lowest BCUT2D eigenvalue weighted by Gasteiger charge is -2.34. The second-order valence-electron chi connectivity index (χ2n) is 6.04. The monoisotopic (exact) mass is 289 g/mol. The van der Waals surface area contributed by atoms with Gasteiger partial charge in [-0.25, -0.2) is 0 Å². The topological polar surface area (TPSA) is 49.8 Å². The molecule has 2 heterocycles. The van der Waals surface area contributed by atoms with Crippen LogP contribution in [0, 0.1) is 5.92 Å². The third-order valence-corrected chi connectivity index (χ3v) is 4.60. The van der Waals surface area contributed by atoms with E-state index >= 15 is 0 Å². The molecule has 0 saturated carbocycles. The van der Waals surface area contributed by atoms with E-state index < -0.39 is 0 Å². The van der Waals surface area contributed by atoms with Gasteiger partial charge >= 0.3 is 0 Å². The molecule has 0 spiro atoms. The molecule has 114 valence electrons. The first-order valence-corrected chi connectivity index (χ1v) is 7.91. The van der Waals surface area contributed by atoms with Crippen LogP contribution in [0.15, 0.2) is 24.3 Å². The fourth-order valence-electron chi connectivity index (χ4n) is 3.38. The minimum atomic E-state index is -0.118. The van der Waals surface area contributed by atoms with Gasteiger partial charge in [-0.15, -0.1) is 0 Å². The number of nitrogens with zero attached hydrogens (tertiary/aromatic N) is 1. The zero-order chi connectivity index (χ0) is 14.7. The Balaban J connectivity index is 1.73. The van der Waals surface area contributed by atoms with Gasteiger partial charge in [0.2, 0.25) is 5.91 Å². The van der Waals surface area contributed by atoms with Crippen molar-refractivity contribution < 1.29 is 14.6 Å². The molecule has 1 saturated heterocycles. The molecule has 2 aliphatic rings. The summed E-state index contributed by atoms with van der Waals surface area (Å²) >= 11 is 0. The number of likely N-dealkylation sites (tertiary alicyclic amines) is 1. The number of hydrogen-bond donors (Lipinski definition) is 1. The van der Waals surface area contributed by atoms with Crippen LogP contribution >= 0.6 is 0 Å². The van der Waals surface area contributed by atoms with E-state index in [0.717, 1.165) is 50.0 Å². The maximum atomic E-state index is 12.8. The van der Waals surface area contributed by atoms with Gasteiger partial charge in [-0.1, -0.05) is 31.0 Å². The van der Waals surface area contributed by atoms with Gasteiger partial charge in [0.15, 0.2) is 0 Å². The molecular formula is C17H23NO3. The van der Waals surface area contributed by atoms with Crippen molar-refractivity contribution in [1.29, 1.82) is 0 Å². The number of benzene rings is 1. The fraction of sp³-hybridized carbons (Fsp3) is 0.588. The predicted octanol–water partition coefficient (Wildman–Crippen LogP) is 2.00. The molecule has 1 amide bonds. The summed E-state index contributed by atoms with van der Waals surface area (Å²) in [6.45, 7) is 1.28. The number of para-hydroxylation sites is 1. The van der Waals surface area contributed by atoms with Crippen molar-refractivity contribution in [2.75, 3.05) is 19.8 Å². The van der Waals surface area contributed by atoms with Gasteiger partial charge in [0, 0.05) is 6.54 Å². The standard InChI is InChI=1S/C17H23NO3/c19-11-15-7-2-1-5-9-18(15)17(20)14-10-13-6-3-4-8-16(13)21-12-14/h3-4,6,8,14-15,19H,1-2,5,7,9-12H2. The summed E-state index contributed by atoms with van der Waals surface area (Å²) < 4.78 is 5.74. The van der Waals surface area contributed by atoms with Crippen LogP contribution < -0.4 is 4.74 Å². The van der Waals surface area contributed by atoms with Gasteiger partial charge in [0.05, 0.1) is 18.6 Å². The Bertz CT molecular complexity index is 503. The maximum Gasteiger partial charge on any atom is 0.229 e. The number of carbonyl (C=O) groups excluding carboxylic acids is 1. The molecular weight excluding hydrogens is 266 g/mol. The van der Waals surface area contributed by atoms with Crippen molar-refractivity contribution in [2.24, 2.45) is 5.92 Å². The van der Waals surface area contributed by atoms with Gasteiger partial charge in [0.25, 0.3) is 0 Å². The normalized spacial score (nSPS) is 25.7. The first kappa shape index (κ1) is 14.4. The number of fused-ring (bicyclic) bond motifs is 1. The van der Waals surface area contributed by atoms with E-state index in [-0.39, 0.29) is 24.5 Å². The number of carbonyl (C=O) groups is 1. The van der Waals surface area contributed by atoms with Crippen molar-refractivity contribution in [3.63, 3.8) is 0 Å². The quantitative estimate of drug-likeness (QED) is 0.906. The molecule has 3 rings (SSSR count). The number of ether oxygens (including phenoxy) is 1. The Hall–Kier alpha value is -1.55. The number of aliphatic hydroxyl groups is 1. The maximum absolute atomic E-state index is 12.8. The molecule has 4 nitrogen and oxygen atoms in total. The van der Waals surface area contributed by atoms with Crippen LogP contribution in [0.25, 0.3) is 0 Å². The summed E-state index contributed by atoms with van der Waals surface area (Å²) in [5.74, 6) is 0.925. The lowest BCUT2D eigenvalue weighted by Crippen LogP contribution is -2.47. The van der Waals surface area contributed by atoms with E-state index in [9.17, 15) is 9.90 Å². The first-order chi connectivity index (χ1) is 10.3. The number of amides is 1. The average molecular weight is 289 g/mol. The summed E-state index contributed by atoms with van der Waals surface area (Å²) in [6.07, 6.45) is 4.92. The highest BCUT2D eigenvalue weighted by Gasteiger charge is 2.33. The molecule has 1 aromatic rings. The third-order valence-electron chi connectivity index (χ3n) is 4.60. The van der Waals surface area contributed by atoms with Crippen molar-refractivity contribution in [3.05, 3.63) is 29.8 Å². The van der Waals surface area contributed by atoms with E-state index in [0.29, 0.717) is 6.61 Å². The van der Waals surface area contributed by atoms with E-state index in [1.807, 2.05) is 29.2 Å². The zero-order valence-electron chi connectivity index (χ0n) is 12.3. The molecule has 21 heavy (non-hydrogen) atoms. The Kier molecular flexibility index (Phi) is 4.44. The lowest BCUT2D eigenvalue weighted by atomic mass is 9.95. The smallest absolute Gasteiger partial charge is 0.229 e. The van der Waals surface area contributed by atoms with E-state index in [4.69, 9.17) is 4.74 Å². The summed E-state index contributed by atoms with van der Waals surface area (Å²) in [7, 11) is 0. The van der Waals surface area contributed by atoms with Crippen LogP contribution in [0.2, 0.25) is 0 Å². The van der Waals surface area contributed by atoms with Gasteiger partial charge in [0.1, 0.15) is 12.4 Å². The molecule has 0 aromatic heterocycles. The highest BCUT2D eigenvalue weighted by atomic mass is 16.5. The van der Waals surface area contributed by atoms with Crippen LogP contribution in [-0.2, 0) is 11.2 Å². The van der Waals surface area contributed by atoms with Gasteiger partial charge in [-0.2, -0.15) is 0 Å². The van der Waals surface area contributed by atoms with Crippen LogP contribution in [0.4, 0.5) is 0 Å². The fourth-order valence-corrected chi connectivity index (χ4v) is 3.38. The SMILES string of the molecule is O=C(C1COc2ccccc2C1)N1CCCCCC1CO. The molecule has 2 atom stereocenters. The first-order valence-electron chi connectivity index (χ1n) is 7.91. The lowest BCUT2D eigenvalue weighted by molar-refractivity contribution is -0.140. The van der Waals surface area contributed by atoms with Crippen LogP contribution in [0.1, 0.15) is 31.2 Å². The van der Waals surface area contributed by atoms with Crippen molar-refractivity contribution >= 4 is 5.91 Å². The Labute approximate surface area is 125 Å². The minimum absolute atomic E-state index is 0.0165. The second kappa shape index (κ2) is 6.48. The molecule has 0 bridgehead atoms. The average Bonchev–Trinajstić information content (AvgIpc) is 2.79. The molecule has 1 fully saturated rings. The molecule has 0 aliphatic carbocycles. The highest BCUT2D eigenvalue weighted by Crippen LogP contribution is 2.29. The Morgan fingerprint density at radius 1 is 1.29 bits per heavy atom. The van der Waals surface area contributed by atoms with Crippen LogP contribution in [0.3, 0.4) is 0 Å². The Morgan fingerprint density at radius 3 is 3.00 bits per heavy atom. The van der Waals surface area contributed by atoms with Crippen molar-refractivity contribution in [2.45, 2.75) is 38.1 Å². The van der Waals surface area contributed by atoms with Gasteiger partial charge < -0.3 is 14.7 Å². The third kappa shape index (κ3) is 3.05. The molecule has 0 radical (unpaired) electrons. The summed E-state index contributed by atoms with van der Waals surface area (Å²) in [6, 6.07) is 7.91. The molecule has 1 N–H and O–H groups in total. The predicted molar refractivity (Wildman–Crippen MR) is 80.2 cm³/mol. The van der Waals surface area contributed by atoms with Crippen molar-refractivity contribution in [1.82, 2.24) is 4.90 Å². The zero-order valence-corrected chi connectivity index (χ0v) is 12.3. The summed E-state index contributed by atoms with van der Waals surface area (Å²) in [4.78, 5) is 14.7. The summed E-state index contributed by atoms with van der Waals surface area (Å²) in [5, 5.41) is 9.57. The van der Waals surface area contributed by atoms with E-state index in [1.54, 1.807) is 0 Å². The van der Waals surface area contributed by atoms with E-state index in [1.165, 1.54) is 0 Å². The van der Waals surface area contributed by atoms with Crippen molar-refractivity contribution in [3.8, 4) is 5.75 Å². The second-order valence-corrected chi connectivity index (χ2v) is 6.04. The van der Waals surface area contributed by atoms with Gasteiger partial charge in [-0.3, -0.25) is 4.79 Å². The Morgan fingerprint density at radius 2 is 2.14 bits per heavy atom. The number of hydrogen-bond acceptors (Lipinski definition) is 3. The summed E-state index contributed by atoms with van der Waals surface area (Å²) in [5.41, 5.74) is 1.11.